The Morgan fingerprint density at radius 3 is 2.83 bits per heavy atom. The number of rotatable bonds is 4. The standard InChI is InChI=1S/C18H28N2O3/c1-6-7-14-9-8-13(2)15(14)12-22-16-10-11-20(19-16)17(21)23-18(3,4)5/h6-7,10-11,13-15H,8-9,12H2,1-5H3/b7-6-. The summed E-state index contributed by atoms with van der Waals surface area (Å²) in [4.78, 5) is 11.9. The summed E-state index contributed by atoms with van der Waals surface area (Å²) in [6.45, 7) is 10.4. The molecule has 1 aliphatic carbocycles. The highest BCUT2D eigenvalue weighted by atomic mass is 16.6. The van der Waals surface area contributed by atoms with E-state index < -0.39 is 11.7 Å². The van der Waals surface area contributed by atoms with Crippen molar-refractivity contribution in [3.05, 3.63) is 24.4 Å². The van der Waals surface area contributed by atoms with Crippen molar-refractivity contribution >= 4 is 6.09 Å². The molecule has 0 saturated heterocycles. The second-order valence-electron chi connectivity index (χ2n) is 7.30. The molecule has 0 radical (unpaired) electrons. The largest absolute Gasteiger partial charge is 0.476 e. The van der Waals surface area contributed by atoms with E-state index in [1.807, 2.05) is 20.8 Å². The van der Waals surface area contributed by atoms with E-state index in [1.54, 1.807) is 12.3 Å². The fraction of sp³-hybridized carbons (Fsp3) is 0.667. The lowest BCUT2D eigenvalue weighted by Crippen LogP contribution is -2.27. The van der Waals surface area contributed by atoms with Crippen LogP contribution in [0.5, 0.6) is 5.88 Å². The van der Waals surface area contributed by atoms with E-state index in [4.69, 9.17) is 9.47 Å². The van der Waals surface area contributed by atoms with Gasteiger partial charge < -0.3 is 9.47 Å². The number of aromatic nitrogens is 2. The lowest BCUT2D eigenvalue weighted by Gasteiger charge is -2.20. The van der Waals surface area contributed by atoms with Crippen LogP contribution in [-0.2, 0) is 4.74 Å². The topological polar surface area (TPSA) is 53.4 Å². The molecule has 3 unspecified atom stereocenters. The van der Waals surface area contributed by atoms with Crippen LogP contribution in [0.1, 0.15) is 47.5 Å². The van der Waals surface area contributed by atoms with Crippen LogP contribution in [0.4, 0.5) is 4.79 Å². The summed E-state index contributed by atoms with van der Waals surface area (Å²) in [6, 6.07) is 1.70. The molecule has 1 aliphatic rings. The number of hydrogen-bond donors (Lipinski definition) is 0. The Labute approximate surface area is 138 Å². The Morgan fingerprint density at radius 2 is 2.17 bits per heavy atom. The van der Waals surface area contributed by atoms with E-state index in [-0.39, 0.29) is 0 Å². The third-order valence-corrected chi connectivity index (χ3v) is 4.24. The maximum atomic E-state index is 11.9. The number of allylic oxidation sites excluding steroid dienone is 2. The number of carbonyl (C=O) groups excluding carboxylic acids is 1. The number of nitrogens with zero attached hydrogens (tertiary/aromatic N) is 2. The van der Waals surface area contributed by atoms with E-state index in [0.717, 1.165) is 0 Å². The fourth-order valence-corrected chi connectivity index (χ4v) is 3.06. The molecule has 0 aliphatic heterocycles. The number of carbonyl (C=O) groups is 1. The molecule has 2 rings (SSSR count). The minimum absolute atomic E-state index is 0.467. The second-order valence-corrected chi connectivity index (χ2v) is 7.30. The molecule has 0 N–H and O–H groups in total. The summed E-state index contributed by atoms with van der Waals surface area (Å²) in [5.74, 6) is 2.18. The molecule has 0 aromatic carbocycles. The first-order chi connectivity index (χ1) is 10.8. The normalized spacial score (nSPS) is 25.0. The van der Waals surface area contributed by atoms with Gasteiger partial charge in [-0.1, -0.05) is 19.1 Å². The van der Waals surface area contributed by atoms with E-state index >= 15 is 0 Å². The molecular formula is C18H28N2O3. The van der Waals surface area contributed by atoms with Crippen molar-refractivity contribution in [2.24, 2.45) is 17.8 Å². The maximum absolute atomic E-state index is 11.9. The zero-order valence-electron chi connectivity index (χ0n) is 14.8. The van der Waals surface area contributed by atoms with Gasteiger partial charge in [0.25, 0.3) is 0 Å². The summed E-state index contributed by atoms with van der Waals surface area (Å²) in [5, 5.41) is 4.15. The van der Waals surface area contributed by atoms with E-state index in [0.29, 0.717) is 30.2 Å². The van der Waals surface area contributed by atoms with Crippen LogP contribution < -0.4 is 4.74 Å². The zero-order valence-corrected chi connectivity index (χ0v) is 14.8. The van der Waals surface area contributed by atoms with Gasteiger partial charge in [-0.2, -0.15) is 4.68 Å². The SMILES string of the molecule is C/C=C\C1CCC(C)C1COc1ccn(C(=O)OC(C)(C)C)n1. The number of hydrogen-bond acceptors (Lipinski definition) is 4. The third-order valence-electron chi connectivity index (χ3n) is 4.24. The van der Waals surface area contributed by atoms with E-state index in [9.17, 15) is 4.79 Å². The molecule has 0 bridgehead atoms. The molecule has 1 fully saturated rings. The summed E-state index contributed by atoms with van der Waals surface area (Å²) in [6.07, 6.45) is 7.92. The fourth-order valence-electron chi connectivity index (χ4n) is 3.06. The molecule has 23 heavy (non-hydrogen) atoms. The third kappa shape index (κ3) is 4.85. The van der Waals surface area contributed by atoms with Crippen molar-refractivity contribution in [3.63, 3.8) is 0 Å². The molecule has 5 nitrogen and oxygen atoms in total. The molecule has 1 aromatic heterocycles. The van der Waals surface area contributed by atoms with Gasteiger partial charge in [-0.15, -0.1) is 5.10 Å². The van der Waals surface area contributed by atoms with Crippen molar-refractivity contribution in [3.8, 4) is 5.88 Å². The Morgan fingerprint density at radius 1 is 1.43 bits per heavy atom. The van der Waals surface area contributed by atoms with Gasteiger partial charge in [0, 0.05) is 18.2 Å². The first-order valence-electron chi connectivity index (χ1n) is 8.35. The molecule has 3 atom stereocenters. The average Bonchev–Trinajstić information content (AvgIpc) is 3.03. The minimum atomic E-state index is -0.539. The van der Waals surface area contributed by atoms with Gasteiger partial charge in [0.05, 0.1) is 6.61 Å². The second kappa shape index (κ2) is 7.20. The van der Waals surface area contributed by atoms with Crippen molar-refractivity contribution in [2.75, 3.05) is 6.61 Å². The highest BCUT2D eigenvalue weighted by Crippen LogP contribution is 2.37. The van der Waals surface area contributed by atoms with Gasteiger partial charge in [0.1, 0.15) is 5.60 Å². The van der Waals surface area contributed by atoms with Crippen LogP contribution >= 0.6 is 0 Å². The highest BCUT2D eigenvalue weighted by molar-refractivity contribution is 5.69. The van der Waals surface area contributed by atoms with Crippen molar-refractivity contribution in [1.82, 2.24) is 9.78 Å². The van der Waals surface area contributed by atoms with Gasteiger partial charge in [-0.25, -0.2) is 4.79 Å². The van der Waals surface area contributed by atoms with Gasteiger partial charge in [0.15, 0.2) is 0 Å². The molecule has 1 heterocycles. The Kier molecular flexibility index (Phi) is 5.50. The lowest BCUT2D eigenvalue weighted by molar-refractivity contribution is 0.0511. The van der Waals surface area contributed by atoms with Gasteiger partial charge in [-0.05, 0) is 52.4 Å². The molecule has 0 spiro atoms. The lowest BCUT2D eigenvalue weighted by atomic mass is 9.91. The van der Waals surface area contributed by atoms with Crippen LogP contribution in [0.2, 0.25) is 0 Å². The van der Waals surface area contributed by atoms with Crippen molar-refractivity contribution in [2.45, 2.75) is 53.1 Å². The van der Waals surface area contributed by atoms with Crippen molar-refractivity contribution in [1.29, 1.82) is 0 Å². The van der Waals surface area contributed by atoms with Crippen LogP contribution in [0.15, 0.2) is 24.4 Å². The van der Waals surface area contributed by atoms with Gasteiger partial charge >= 0.3 is 6.09 Å². The summed E-state index contributed by atoms with van der Waals surface area (Å²) in [5.41, 5.74) is -0.539. The molecule has 5 heteroatoms. The van der Waals surface area contributed by atoms with Gasteiger partial charge in [-0.3, -0.25) is 0 Å². The van der Waals surface area contributed by atoms with Crippen LogP contribution in [0.3, 0.4) is 0 Å². The Bertz CT molecular complexity index is 557. The molecular weight excluding hydrogens is 292 g/mol. The highest BCUT2D eigenvalue weighted by Gasteiger charge is 2.32. The van der Waals surface area contributed by atoms with Crippen molar-refractivity contribution < 1.29 is 14.3 Å². The summed E-state index contributed by atoms with van der Waals surface area (Å²) < 4.78 is 12.3. The molecule has 0 amide bonds. The smallest absolute Gasteiger partial charge is 0.435 e. The van der Waals surface area contributed by atoms with E-state index in [2.05, 4.69) is 31.1 Å². The first kappa shape index (κ1) is 17.6. The predicted molar refractivity (Wildman–Crippen MR) is 89.5 cm³/mol. The Balaban J connectivity index is 1.93. The summed E-state index contributed by atoms with van der Waals surface area (Å²) >= 11 is 0. The molecule has 128 valence electrons. The van der Waals surface area contributed by atoms with Gasteiger partial charge in [0.2, 0.25) is 5.88 Å². The van der Waals surface area contributed by atoms with Crippen LogP contribution in [0, 0.1) is 17.8 Å². The minimum Gasteiger partial charge on any atom is -0.476 e. The van der Waals surface area contributed by atoms with Crippen LogP contribution in [0.25, 0.3) is 0 Å². The molecule has 1 aromatic rings. The maximum Gasteiger partial charge on any atom is 0.435 e. The monoisotopic (exact) mass is 320 g/mol. The Hall–Kier alpha value is -1.78. The quantitative estimate of drug-likeness (QED) is 0.777. The molecule has 1 saturated carbocycles. The van der Waals surface area contributed by atoms with Crippen LogP contribution in [-0.4, -0.2) is 28.1 Å². The first-order valence-corrected chi connectivity index (χ1v) is 8.35. The average molecular weight is 320 g/mol. The summed E-state index contributed by atoms with van der Waals surface area (Å²) in [7, 11) is 0. The van der Waals surface area contributed by atoms with E-state index in [1.165, 1.54) is 17.5 Å². The number of ether oxygens (including phenoxy) is 2. The predicted octanol–water partition coefficient (Wildman–Crippen LogP) is 4.28. The zero-order chi connectivity index (χ0) is 17.0.